The van der Waals surface area contributed by atoms with Crippen LogP contribution in [0.1, 0.15) is 23.2 Å². The molecule has 11 heteroatoms. The van der Waals surface area contributed by atoms with E-state index in [1.54, 1.807) is 24.3 Å². The summed E-state index contributed by atoms with van der Waals surface area (Å²) in [6, 6.07) is 8.02. The van der Waals surface area contributed by atoms with E-state index in [-0.39, 0.29) is 28.6 Å². The summed E-state index contributed by atoms with van der Waals surface area (Å²) in [4.78, 5) is 36.7. The van der Waals surface area contributed by atoms with Crippen LogP contribution >= 0.6 is 46.4 Å². The number of para-hydroxylation sites is 1. The molecule has 0 saturated carbocycles. The standard InChI is InChI=1S/C20H19Cl4N3O4/c1-31-19(29)15(26-18(28)16-11(21)5-2-6-12(16)22)9-4-10-25-20(30)27-17-13(23)7-3-8-14(17)24/h2-3,5-8,15H,4,9-10H2,1H3,(H,26,28)(H2,25,27,30)/t15-/m0/s1. The van der Waals surface area contributed by atoms with E-state index in [2.05, 4.69) is 16.0 Å². The van der Waals surface area contributed by atoms with Gasteiger partial charge in [-0.05, 0) is 37.1 Å². The summed E-state index contributed by atoms with van der Waals surface area (Å²) in [6.07, 6.45) is 0.563. The van der Waals surface area contributed by atoms with Crippen LogP contribution in [0.15, 0.2) is 36.4 Å². The highest BCUT2D eigenvalue weighted by Crippen LogP contribution is 2.29. The van der Waals surface area contributed by atoms with Gasteiger partial charge in [0.15, 0.2) is 0 Å². The fourth-order valence-corrected chi connectivity index (χ4v) is 3.68. The molecule has 0 aromatic heterocycles. The first-order valence-corrected chi connectivity index (χ1v) is 10.6. The minimum atomic E-state index is -0.951. The van der Waals surface area contributed by atoms with E-state index in [0.29, 0.717) is 22.2 Å². The van der Waals surface area contributed by atoms with Crippen LogP contribution in [0.2, 0.25) is 20.1 Å². The molecule has 3 amide bonds. The Morgan fingerprint density at radius 1 is 0.935 bits per heavy atom. The van der Waals surface area contributed by atoms with Crippen LogP contribution in [-0.2, 0) is 9.53 Å². The third-order valence-corrected chi connectivity index (χ3v) is 5.40. The fourth-order valence-electron chi connectivity index (χ4n) is 2.62. The maximum atomic E-state index is 12.5. The summed E-state index contributed by atoms with van der Waals surface area (Å²) >= 11 is 24.1. The molecule has 0 radical (unpaired) electrons. The van der Waals surface area contributed by atoms with E-state index >= 15 is 0 Å². The van der Waals surface area contributed by atoms with Crippen molar-refractivity contribution in [3.8, 4) is 0 Å². The van der Waals surface area contributed by atoms with E-state index < -0.39 is 23.9 Å². The Hall–Kier alpha value is -2.19. The summed E-state index contributed by atoms with van der Waals surface area (Å²) in [5, 5.41) is 8.67. The molecular formula is C20H19Cl4N3O4. The Bertz CT molecular complexity index is 931. The lowest BCUT2D eigenvalue weighted by molar-refractivity contribution is -0.143. The van der Waals surface area contributed by atoms with Gasteiger partial charge in [0, 0.05) is 6.54 Å². The van der Waals surface area contributed by atoms with Gasteiger partial charge in [0.05, 0.1) is 38.5 Å². The first kappa shape index (κ1) is 25.1. The monoisotopic (exact) mass is 505 g/mol. The van der Waals surface area contributed by atoms with Crippen LogP contribution in [0, 0.1) is 0 Å². The number of ether oxygens (including phenoxy) is 1. The van der Waals surface area contributed by atoms with Crippen molar-refractivity contribution in [2.45, 2.75) is 18.9 Å². The van der Waals surface area contributed by atoms with Crippen molar-refractivity contribution in [1.82, 2.24) is 10.6 Å². The normalized spacial score (nSPS) is 11.4. The zero-order valence-corrected chi connectivity index (χ0v) is 19.3. The minimum absolute atomic E-state index is 0.0638. The second-order valence-corrected chi connectivity index (χ2v) is 7.89. The van der Waals surface area contributed by atoms with Crippen molar-refractivity contribution in [3.05, 3.63) is 62.1 Å². The number of halogens is 4. The number of hydrogen-bond donors (Lipinski definition) is 3. The predicted octanol–water partition coefficient (Wildman–Crippen LogP) is 5.17. The second kappa shape index (κ2) is 12.0. The van der Waals surface area contributed by atoms with Crippen molar-refractivity contribution >= 4 is 70.0 Å². The van der Waals surface area contributed by atoms with Gasteiger partial charge >= 0.3 is 12.0 Å². The quantitative estimate of drug-likeness (QED) is 0.339. The largest absolute Gasteiger partial charge is 0.467 e. The van der Waals surface area contributed by atoms with Crippen molar-refractivity contribution in [1.29, 1.82) is 0 Å². The van der Waals surface area contributed by atoms with E-state index in [1.165, 1.54) is 19.2 Å². The molecule has 31 heavy (non-hydrogen) atoms. The van der Waals surface area contributed by atoms with Gasteiger partial charge in [0.1, 0.15) is 6.04 Å². The molecule has 3 N–H and O–H groups in total. The average Bonchev–Trinajstić information content (AvgIpc) is 2.72. The number of carbonyl (C=O) groups excluding carboxylic acids is 3. The molecular weight excluding hydrogens is 488 g/mol. The second-order valence-electron chi connectivity index (χ2n) is 6.27. The van der Waals surface area contributed by atoms with Gasteiger partial charge < -0.3 is 20.7 Å². The molecule has 0 heterocycles. The Labute approximate surface area is 199 Å². The summed E-state index contributed by atoms with van der Waals surface area (Å²) in [7, 11) is 1.21. The number of urea groups is 1. The van der Waals surface area contributed by atoms with Crippen LogP contribution in [0.4, 0.5) is 10.5 Å². The van der Waals surface area contributed by atoms with E-state index in [0.717, 1.165) is 0 Å². The molecule has 2 aromatic carbocycles. The van der Waals surface area contributed by atoms with Crippen LogP contribution in [0.25, 0.3) is 0 Å². The zero-order chi connectivity index (χ0) is 23.0. The minimum Gasteiger partial charge on any atom is -0.467 e. The molecule has 166 valence electrons. The lowest BCUT2D eigenvalue weighted by atomic mass is 10.1. The Morgan fingerprint density at radius 2 is 1.48 bits per heavy atom. The fraction of sp³-hybridized carbons (Fsp3) is 0.250. The predicted molar refractivity (Wildman–Crippen MR) is 122 cm³/mol. The molecule has 0 saturated heterocycles. The molecule has 0 unspecified atom stereocenters. The number of hydrogen-bond acceptors (Lipinski definition) is 4. The first-order valence-electron chi connectivity index (χ1n) is 9.06. The molecule has 7 nitrogen and oxygen atoms in total. The summed E-state index contributed by atoms with van der Waals surface area (Å²) < 4.78 is 4.74. The van der Waals surface area contributed by atoms with E-state index in [9.17, 15) is 14.4 Å². The number of nitrogens with one attached hydrogen (secondary N) is 3. The van der Waals surface area contributed by atoms with Crippen LogP contribution in [0.5, 0.6) is 0 Å². The van der Waals surface area contributed by atoms with Crippen LogP contribution in [-0.4, -0.2) is 37.6 Å². The van der Waals surface area contributed by atoms with E-state index in [4.69, 9.17) is 51.1 Å². The van der Waals surface area contributed by atoms with Gasteiger partial charge in [-0.25, -0.2) is 9.59 Å². The van der Waals surface area contributed by atoms with Gasteiger partial charge in [-0.2, -0.15) is 0 Å². The number of benzene rings is 2. The molecule has 0 fully saturated rings. The van der Waals surface area contributed by atoms with Gasteiger partial charge in [0.2, 0.25) is 0 Å². The number of methoxy groups -OCH3 is 1. The Balaban J connectivity index is 1.90. The number of amides is 3. The molecule has 0 bridgehead atoms. The van der Waals surface area contributed by atoms with Gasteiger partial charge in [-0.3, -0.25) is 4.79 Å². The van der Waals surface area contributed by atoms with Gasteiger partial charge in [-0.15, -0.1) is 0 Å². The maximum Gasteiger partial charge on any atom is 0.328 e. The average molecular weight is 507 g/mol. The van der Waals surface area contributed by atoms with Crippen molar-refractivity contribution < 1.29 is 19.1 Å². The molecule has 0 aliphatic rings. The third-order valence-electron chi connectivity index (χ3n) is 4.14. The van der Waals surface area contributed by atoms with Crippen molar-refractivity contribution in [3.63, 3.8) is 0 Å². The number of anilines is 1. The number of esters is 1. The molecule has 0 spiro atoms. The third kappa shape index (κ3) is 7.18. The van der Waals surface area contributed by atoms with Crippen LogP contribution in [0.3, 0.4) is 0 Å². The highest BCUT2D eigenvalue weighted by Gasteiger charge is 2.24. The van der Waals surface area contributed by atoms with Crippen molar-refractivity contribution in [2.24, 2.45) is 0 Å². The highest BCUT2D eigenvalue weighted by atomic mass is 35.5. The molecule has 0 aliphatic carbocycles. The highest BCUT2D eigenvalue weighted by molar-refractivity contribution is 6.40. The van der Waals surface area contributed by atoms with Crippen molar-refractivity contribution in [2.75, 3.05) is 19.0 Å². The Morgan fingerprint density at radius 3 is 2.03 bits per heavy atom. The number of rotatable bonds is 8. The number of carbonyl (C=O) groups is 3. The van der Waals surface area contributed by atoms with Gasteiger partial charge in [0.25, 0.3) is 5.91 Å². The summed E-state index contributed by atoms with van der Waals surface area (Å²) in [6.45, 7) is 0.212. The smallest absolute Gasteiger partial charge is 0.328 e. The molecule has 2 rings (SSSR count). The molecule has 0 aliphatic heterocycles. The topological polar surface area (TPSA) is 96.5 Å². The zero-order valence-electron chi connectivity index (χ0n) is 16.3. The summed E-state index contributed by atoms with van der Waals surface area (Å²) in [5.41, 5.74) is 0.355. The first-order chi connectivity index (χ1) is 14.7. The van der Waals surface area contributed by atoms with Crippen LogP contribution < -0.4 is 16.0 Å². The SMILES string of the molecule is COC(=O)[C@H](CCCNC(=O)Nc1c(Cl)cccc1Cl)NC(=O)c1c(Cl)cccc1Cl. The lowest BCUT2D eigenvalue weighted by Crippen LogP contribution is -2.42. The molecule has 2 aromatic rings. The lowest BCUT2D eigenvalue weighted by Gasteiger charge is -2.17. The Kier molecular flexibility index (Phi) is 9.71. The van der Waals surface area contributed by atoms with E-state index in [1.807, 2.05) is 0 Å². The maximum absolute atomic E-state index is 12.5. The molecule has 1 atom stereocenters. The van der Waals surface area contributed by atoms with Gasteiger partial charge in [-0.1, -0.05) is 58.5 Å². The summed E-state index contributed by atoms with van der Waals surface area (Å²) in [5.74, 6) is -1.24.